The van der Waals surface area contributed by atoms with Crippen LogP contribution in [0.25, 0.3) is 0 Å². The van der Waals surface area contributed by atoms with Gasteiger partial charge in [0.05, 0.1) is 33.7 Å². The van der Waals surface area contributed by atoms with Gasteiger partial charge in [0.15, 0.2) is 0 Å². The van der Waals surface area contributed by atoms with Gasteiger partial charge >= 0.3 is 0 Å². The van der Waals surface area contributed by atoms with Gasteiger partial charge in [-0.15, -0.1) is 0 Å². The molecular formula is C29H34Cl2N6O2. The molecular weight excluding hydrogens is 535 g/mol. The molecule has 0 aliphatic carbocycles. The van der Waals surface area contributed by atoms with Crippen LogP contribution in [0.5, 0.6) is 5.88 Å². The lowest BCUT2D eigenvalue weighted by atomic mass is 9.97. The van der Waals surface area contributed by atoms with E-state index in [0.29, 0.717) is 73.3 Å². The van der Waals surface area contributed by atoms with Crippen molar-refractivity contribution in [1.82, 2.24) is 14.8 Å². The first-order valence-electron chi connectivity index (χ1n) is 13.5. The van der Waals surface area contributed by atoms with Gasteiger partial charge in [0.2, 0.25) is 11.8 Å². The number of hydrogen-bond acceptors (Lipinski definition) is 7. The van der Waals surface area contributed by atoms with Crippen LogP contribution in [-0.2, 0) is 17.8 Å². The highest BCUT2D eigenvalue weighted by atomic mass is 35.5. The summed E-state index contributed by atoms with van der Waals surface area (Å²) in [5.41, 5.74) is 4.15. The molecule has 0 saturated carbocycles. The van der Waals surface area contributed by atoms with Crippen LogP contribution in [0.3, 0.4) is 0 Å². The molecule has 10 heteroatoms. The van der Waals surface area contributed by atoms with E-state index in [9.17, 15) is 10.1 Å². The number of ether oxygens (including phenoxy) is 1. The number of fused-ring (bicyclic) bond motifs is 1. The number of carbonyl (C=O) groups is 1. The molecule has 39 heavy (non-hydrogen) atoms. The Hall–Kier alpha value is -2.99. The number of likely N-dealkylation sites (N-methyl/N-ethyl adjacent to an activating group) is 1. The van der Waals surface area contributed by atoms with Crippen molar-refractivity contribution >= 4 is 40.5 Å². The zero-order valence-corrected chi connectivity index (χ0v) is 24.0. The molecule has 5 rings (SSSR count). The van der Waals surface area contributed by atoms with Crippen LogP contribution >= 0.6 is 23.2 Å². The van der Waals surface area contributed by atoms with Crippen LogP contribution in [0.1, 0.15) is 36.6 Å². The Morgan fingerprint density at radius 2 is 2.08 bits per heavy atom. The summed E-state index contributed by atoms with van der Waals surface area (Å²) in [4.78, 5) is 25.8. The fourth-order valence-corrected chi connectivity index (χ4v) is 6.42. The first kappa shape index (κ1) is 27.6. The van der Waals surface area contributed by atoms with Crippen molar-refractivity contribution in [2.75, 3.05) is 56.2 Å². The summed E-state index contributed by atoms with van der Waals surface area (Å²) in [6, 6.07) is 8.35. The second-order valence-electron chi connectivity index (χ2n) is 10.5. The molecule has 0 unspecified atom stereocenters. The normalized spacial score (nSPS) is 21.5. The summed E-state index contributed by atoms with van der Waals surface area (Å²) in [7, 11) is 2.11. The summed E-state index contributed by atoms with van der Waals surface area (Å²) in [6.45, 7) is 10.2. The molecule has 8 nitrogen and oxygen atoms in total. The van der Waals surface area contributed by atoms with Crippen molar-refractivity contribution in [2.45, 2.75) is 44.8 Å². The molecule has 2 saturated heterocycles. The van der Waals surface area contributed by atoms with Gasteiger partial charge in [-0.3, -0.25) is 4.79 Å². The van der Waals surface area contributed by atoms with E-state index in [0.717, 1.165) is 42.0 Å². The number of piperazine rings is 1. The monoisotopic (exact) mass is 568 g/mol. The first-order valence-corrected chi connectivity index (χ1v) is 14.2. The number of halogens is 2. The highest BCUT2D eigenvalue weighted by Gasteiger charge is 2.34. The highest BCUT2D eigenvalue weighted by Crippen LogP contribution is 2.40. The van der Waals surface area contributed by atoms with Gasteiger partial charge in [0.1, 0.15) is 18.2 Å². The number of amides is 1. The number of nitrogens with zero attached hydrogens (tertiary/aromatic N) is 6. The van der Waals surface area contributed by atoms with Gasteiger partial charge in [-0.1, -0.05) is 35.8 Å². The number of benzene rings is 1. The minimum absolute atomic E-state index is 0.0264. The third kappa shape index (κ3) is 5.41. The number of rotatable bonds is 6. The Morgan fingerprint density at radius 1 is 1.26 bits per heavy atom. The number of carbonyl (C=O) groups excluding carboxylic acids is 1. The maximum absolute atomic E-state index is 12.4. The first-order chi connectivity index (χ1) is 18.8. The number of pyridine rings is 1. The quantitative estimate of drug-likeness (QED) is 0.474. The average Bonchev–Trinajstić information content (AvgIpc) is 3.36. The Kier molecular flexibility index (Phi) is 8.22. The largest absolute Gasteiger partial charge is 0.475 e. The summed E-state index contributed by atoms with van der Waals surface area (Å²) >= 11 is 12.9. The van der Waals surface area contributed by atoms with E-state index in [1.165, 1.54) is 6.08 Å². The highest BCUT2D eigenvalue weighted by molar-refractivity contribution is 6.43. The zero-order valence-electron chi connectivity index (χ0n) is 22.5. The number of anilines is 2. The van der Waals surface area contributed by atoms with Crippen molar-refractivity contribution in [1.29, 1.82) is 5.26 Å². The van der Waals surface area contributed by atoms with Crippen molar-refractivity contribution in [3.8, 4) is 11.9 Å². The van der Waals surface area contributed by atoms with E-state index >= 15 is 0 Å². The topological polar surface area (TPSA) is 75.9 Å². The molecule has 206 valence electrons. The summed E-state index contributed by atoms with van der Waals surface area (Å²) in [6.07, 6.45) is 4.26. The maximum atomic E-state index is 12.4. The van der Waals surface area contributed by atoms with Gasteiger partial charge in [0.25, 0.3) is 0 Å². The molecule has 0 bridgehead atoms. The van der Waals surface area contributed by atoms with Crippen LogP contribution in [0, 0.1) is 11.3 Å². The minimum Gasteiger partial charge on any atom is -0.475 e. The maximum Gasteiger partial charge on any atom is 0.246 e. The Labute approximate surface area is 240 Å². The lowest BCUT2D eigenvalue weighted by Crippen LogP contribution is -2.54. The molecule has 3 aliphatic heterocycles. The predicted octanol–water partition coefficient (Wildman–Crippen LogP) is 4.52. The fourth-order valence-electron chi connectivity index (χ4n) is 6.00. The number of hydrogen-bond donors (Lipinski definition) is 0. The van der Waals surface area contributed by atoms with E-state index in [1.54, 1.807) is 6.07 Å². The van der Waals surface area contributed by atoms with E-state index < -0.39 is 0 Å². The molecule has 4 heterocycles. The molecule has 2 atom stereocenters. The lowest BCUT2D eigenvalue weighted by Gasteiger charge is -2.42. The third-order valence-electron chi connectivity index (χ3n) is 8.16. The Balaban J connectivity index is 1.52. The second kappa shape index (κ2) is 11.6. The molecule has 1 aromatic heterocycles. The van der Waals surface area contributed by atoms with Crippen LogP contribution < -0.4 is 14.5 Å². The molecule has 2 fully saturated rings. The molecule has 0 spiro atoms. The minimum atomic E-state index is -0.0711. The van der Waals surface area contributed by atoms with E-state index in [-0.39, 0.29) is 11.9 Å². The number of likely N-dealkylation sites (tertiary alicyclic amines) is 1. The van der Waals surface area contributed by atoms with Crippen molar-refractivity contribution in [2.24, 2.45) is 0 Å². The number of nitriles is 1. The Bertz CT molecular complexity index is 1310. The van der Waals surface area contributed by atoms with Crippen LogP contribution in [-0.4, -0.2) is 79.2 Å². The lowest BCUT2D eigenvalue weighted by molar-refractivity contribution is -0.128. The van der Waals surface area contributed by atoms with Gasteiger partial charge in [-0.25, -0.2) is 4.98 Å². The molecule has 0 radical (unpaired) electrons. The van der Waals surface area contributed by atoms with Crippen molar-refractivity contribution < 1.29 is 9.53 Å². The molecule has 1 aromatic carbocycles. The van der Waals surface area contributed by atoms with Crippen LogP contribution in [0.4, 0.5) is 11.4 Å². The summed E-state index contributed by atoms with van der Waals surface area (Å²) in [5, 5.41) is 11.4. The SMILES string of the molecule is C=CC(=O)N1CCN(c2c(C#N)c(OC[C@@H]3CCCN3C)nc3c2CCN(c2cccc(Cl)c2Cl)C3)C[C@@H]1C. The van der Waals surface area contributed by atoms with Crippen molar-refractivity contribution in [3.63, 3.8) is 0 Å². The summed E-state index contributed by atoms with van der Waals surface area (Å²) in [5.74, 6) is 0.306. The fraction of sp³-hybridized carbons (Fsp3) is 0.483. The second-order valence-corrected chi connectivity index (χ2v) is 11.3. The molecule has 0 N–H and O–H groups in total. The van der Waals surface area contributed by atoms with Crippen LogP contribution in [0.2, 0.25) is 10.0 Å². The predicted molar refractivity (Wildman–Crippen MR) is 155 cm³/mol. The van der Waals surface area contributed by atoms with Gasteiger partial charge < -0.3 is 24.3 Å². The standard InChI is InChI=1S/C29H34Cl2N6O2/c1-4-26(38)37-14-13-36(16-19(37)2)28-21-10-12-35(25-9-5-8-23(30)27(25)31)17-24(21)33-29(22(28)15-32)39-18-20-7-6-11-34(20)3/h4-5,8-9,19-20H,1,6-7,10-14,16-18H2,2-3H3/t19-,20-/m0/s1. The molecule has 3 aliphatic rings. The van der Waals surface area contributed by atoms with Gasteiger partial charge in [0, 0.05) is 43.8 Å². The van der Waals surface area contributed by atoms with Gasteiger partial charge in [-0.05, 0) is 58.0 Å². The van der Waals surface area contributed by atoms with E-state index in [4.69, 9.17) is 32.9 Å². The molecule has 2 aromatic rings. The van der Waals surface area contributed by atoms with E-state index in [1.807, 2.05) is 24.0 Å². The van der Waals surface area contributed by atoms with E-state index in [2.05, 4.69) is 34.4 Å². The van der Waals surface area contributed by atoms with Gasteiger partial charge in [-0.2, -0.15) is 5.26 Å². The molecule has 1 amide bonds. The number of aromatic nitrogens is 1. The third-order valence-corrected chi connectivity index (χ3v) is 8.97. The summed E-state index contributed by atoms with van der Waals surface area (Å²) < 4.78 is 6.32. The van der Waals surface area contributed by atoms with Crippen molar-refractivity contribution in [3.05, 3.63) is 57.7 Å². The Morgan fingerprint density at radius 3 is 2.77 bits per heavy atom. The van der Waals surface area contributed by atoms with Crippen LogP contribution in [0.15, 0.2) is 30.9 Å². The smallest absolute Gasteiger partial charge is 0.246 e. The zero-order chi connectivity index (χ0) is 27.7. The average molecular weight is 570 g/mol.